The number of nitrogens with zero attached hydrogens (tertiary/aromatic N) is 3. The Labute approximate surface area is 133 Å². The van der Waals surface area contributed by atoms with Gasteiger partial charge in [0.2, 0.25) is 0 Å². The maximum atomic E-state index is 12.5. The third-order valence-corrected chi connectivity index (χ3v) is 3.82. The summed E-state index contributed by atoms with van der Waals surface area (Å²) in [6.45, 7) is 6.93. The Morgan fingerprint density at radius 3 is 2.62 bits per heavy atom. The van der Waals surface area contributed by atoms with Crippen LogP contribution in [0.2, 0.25) is 0 Å². The number of rotatable bonds is 3. The summed E-state index contributed by atoms with van der Waals surface area (Å²) in [6.07, 6.45) is 1.58. The molecule has 0 radical (unpaired) electrons. The van der Waals surface area contributed by atoms with Crippen molar-refractivity contribution in [3.63, 3.8) is 0 Å². The van der Waals surface area contributed by atoms with Gasteiger partial charge in [-0.3, -0.25) is 9.69 Å². The Hall–Kier alpha value is -1.18. The van der Waals surface area contributed by atoms with E-state index in [1.807, 2.05) is 0 Å². The van der Waals surface area contributed by atoms with E-state index in [0.29, 0.717) is 25.2 Å². The highest BCUT2D eigenvalue weighted by Crippen LogP contribution is 2.18. The van der Waals surface area contributed by atoms with Gasteiger partial charge in [0.1, 0.15) is 5.82 Å². The quantitative estimate of drug-likeness (QED) is 0.842. The van der Waals surface area contributed by atoms with Gasteiger partial charge in [0.05, 0.1) is 11.2 Å². The number of amides is 1. The topological polar surface area (TPSA) is 82.7 Å². The second kappa shape index (κ2) is 6.29. The van der Waals surface area contributed by atoms with Gasteiger partial charge in [-0.2, -0.15) is 0 Å². The first-order valence-electron chi connectivity index (χ1n) is 6.91. The van der Waals surface area contributed by atoms with E-state index in [-0.39, 0.29) is 11.7 Å². The van der Waals surface area contributed by atoms with E-state index >= 15 is 0 Å². The molecule has 1 amide bonds. The van der Waals surface area contributed by atoms with Crippen molar-refractivity contribution in [2.75, 3.05) is 38.5 Å². The highest BCUT2D eigenvalue weighted by atomic mass is 79.9. The largest absolute Gasteiger partial charge is 0.389 e. The molecule has 1 aliphatic heterocycles. The smallest absolute Gasteiger partial charge is 0.257 e. The first-order valence-corrected chi connectivity index (χ1v) is 7.70. The average molecular weight is 357 g/mol. The first kappa shape index (κ1) is 16.2. The van der Waals surface area contributed by atoms with Crippen molar-refractivity contribution in [1.82, 2.24) is 14.8 Å². The molecule has 2 heterocycles. The lowest BCUT2D eigenvalue weighted by Gasteiger charge is -2.37. The van der Waals surface area contributed by atoms with Crippen LogP contribution >= 0.6 is 15.9 Å². The van der Waals surface area contributed by atoms with E-state index in [1.165, 1.54) is 0 Å². The van der Waals surface area contributed by atoms with Gasteiger partial charge < -0.3 is 15.7 Å². The van der Waals surface area contributed by atoms with Crippen LogP contribution in [0.5, 0.6) is 0 Å². The molecular formula is C14H21BrN4O2. The van der Waals surface area contributed by atoms with E-state index in [0.717, 1.165) is 17.6 Å². The number of anilines is 1. The number of pyridine rings is 1. The number of hydrogen-bond donors (Lipinski definition) is 2. The number of β-amino-alcohol motifs (C(OH)–C–C–N with tert-alkyl or cyclic N) is 1. The summed E-state index contributed by atoms with van der Waals surface area (Å²) in [7, 11) is 0. The lowest BCUT2D eigenvalue weighted by molar-refractivity contribution is 0.0179. The van der Waals surface area contributed by atoms with Crippen molar-refractivity contribution in [3.05, 3.63) is 22.3 Å². The second-order valence-corrected chi connectivity index (χ2v) is 6.88. The van der Waals surface area contributed by atoms with E-state index in [9.17, 15) is 9.90 Å². The van der Waals surface area contributed by atoms with E-state index in [2.05, 4.69) is 25.8 Å². The highest BCUT2D eigenvalue weighted by Gasteiger charge is 2.26. The Morgan fingerprint density at radius 1 is 1.43 bits per heavy atom. The minimum absolute atomic E-state index is 0.0933. The normalized spacial score (nSPS) is 17.0. The van der Waals surface area contributed by atoms with Crippen LogP contribution in [-0.4, -0.2) is 64.1 Å². The van der Waals surface area contributed by atoms with Crippen molar-refractivity contribution in [3.8, 4) is 0 Å². The minimum Gasteiger partial charge on any atom is -0.389 e. The fourth-order valence-corrected chi connectivity index (χ4v) is 2.78. The molecule has 6 nitrogen and oxygen atoms in total. The predicted molar refractivity (Wildman–Crippen MR) is 85.0 cm³/mol. The molecule has 0 unspecified atom stereocenters. The van der Waals surface area contributed by atoms with Gasteiger partial charge in [-0.15, -0.1) is 0 Å². The molecule has 1 fully saturated rings. The van der Waals surface area contributed by atoms with Gasteiger partial charge in [0.25, 0.3) is 5.91 Å². The summed E-state index contributed by atoms with van der Waals surface area (Å²) in [5.41, 5.74) is 5.50. The van der Waals surface area contributed by atoms with Crippen LogP contribution in [0.25, 0.3) is 0 Å². The predicted octanol–water partition coefficient (Wildman–Crippen LogP) is 0.955. The van der Waals surface area contributed by atoms with Gasteiger partial charge in [-0.05, 0) is 35.8 Å². The van der Waals surface area contributed by atoms with Gasteiger partial charge in [-0.25, -0.2) is 4.98 Å². The van der Waals surface area contributed by atoms with Crippen LogP contribution in [-0.2, 0) is 0 Å². The number of piperazine rings is 1. The van der Waals surface area contributed by atoms with Gasteiger partial charge >= 0.3 is 0 Å². The SMILES string of the molecule is CC(C)(O)CN1CCN(C(=O)c2cc(Br)cnc2N)CC1. The van der Waals surface area contributed by atoms with Gasteiger partial charge in [0, 0.05) is 43.4 Å². The third kappa shape index (κ3) is 4.39. The molecule has 1 aromatic heterocycles. The summed E-state index contributed by atoms with van der Waals surface area (Å²) in [5, 5.41) is 9.84. The fraction of sp³-hybridized carbons (Fsp3) is 0.571. The molecule has 0 spiro atoms. The van der Waals surface area contributed by atoms with Crippen molar-refractivity contribution < 1.29 is 9.90 Å². The van der Waals surface area contributed by atoms with Crippen LogP contribution in [0, 0.1) is 0 Å². The Balaban J connectivity index is 1.99. The van der Waals surface area contributed by atoms with Crippen molar-refractivity contribution >= 4 is 27.7 Å². The number of nitrogens with two attached hydrogens (primary N) is 1. The molecule has 0 aliphatic carbocycles. The maximum absolute atomic E-state index is 12.5. The van der Waals surface area contributed by atoms with E-state index < -0.39 is 5.60 Å². The average Bonchev–Trinajstić information content (AvgIpc) is 2.40. The van der Waals surface area contributed by atoms with Crippen molar-refractivity contribution in [2.24, 2.45) is 0 Å². The molecule has 0 bridgehead atoms. The standard InChI is InChI=1S/C14H21BrN4O2/c1-14(2,21)9-18-3-5-19(6-4-18)13(20)11-7-10(15)8-17-12(11)16/h7-8,21H,3-6,9H2,1-2H3,(H2,16,17). The molecule has 2 rings (SSSR count). The zero-order chi connectivity index (χ0) is 15.6. The lowest BCUT2D eigenvalue weighted by atomic mass is 10.1. The maximum Gasteiger partial charge on any atom is 0.257 e. The molecular weight excluding hydrogens is 336 g/mol. The van der Waals surface area contributed by atoms with Crippen molar-refractivity contribution in [1.29, 1.82) is 0 Å². The second-order valence-electron chi connectivity index (χ2n) is 5.97. The first-order chi connectivity index (χ1) is 9.76. The summed E-state index contributed by atoms with van der Waals surface area (Å²) in [4.78, 5) is 20.4. The summed E-state index contributed by atoms with van der Waals surface area (Å²) in [6, 6.07) is 1.70. The molecule has 0 atom stereocenters. The van der Waals surface area contributed by atoms with Crippen LogP contribution in [0.4, 0.5) is 5.82 Å². The number of aliphatic hydroxyl groups is 1. The monoisotopic (exact) mass is 356 g/mol. The van der Waals surface area contributed by atoms with Gasteiger partial charge in [-0.1, -0.05) is 0 Å². The molecule has 3 N–H and O–H groups in total. The van der Waals surface area contributed by atoms with Crippen LogP contribution in [0.1, 0.15) is 24.2 Å². The number of aromatic nitrogens is 1. The summed E-state index contributed by atoms with van der Waals surface area (Å²) >= 11 is 3.31. The number of halogens is 1. The van der Waals surface area contributed by atoms with E-state index in [1.54, 1.807) is 31.0 Å². The summed E-state index contributed by atoms with van der Waals surface area (Å²) < 4.78 is 0.737. The molecule has 7 heteroatoms. The Kier molecular flexibility index (Phi) is 4.85. The molecule has 21 heavy (non-hydrogen) atoms. The van der Waals surface area contributed by atoms with Gasteiger partial charge in [0.15, 0.2) is 0 Å². The molecule has 116 valence electrons. The lowest BCUT2D eigenvalue weighted by Crippen LogP contribution is -2.52. The molecule has 1 aliphatic rings. The summed E-state index contributed by atoms with van der Waals surface area (Å²) in [5.74, 6) is 0.159. The molecule has 0 aromatic carbocycles. The third-order valence-electron chi connectivity index (χ3n) is 3.39. The zero-order valence-electron chi connectivity index (χ0n) is 12.3. The molecule has 0 saturated carbocycles. The fourth-order valence-electron chi connectivity index (χ4n) is 2.45. The number of carbonyl (C=O) groups is 1. The number of nitrogen functional groups attached to an aromatic ring is 1. The van der Waals surface area contributed by atoms with Crippen LogP contribution in [0.3, 0.4) is 0 Å². The highest BCUT2D eigenvalue weighted by molar-refractivity contribution is 9.10. The Morgan fingerprint density at radius 2 is 2.05 bits per heavy atom. The van der Waals surface area contributed by atoms with Crippen LogP contribution in [0.15, 0.2) is 16.7 Å². The van der Waals surface area contributed by atoms with Crippen LogP contribution < -0.4 is 5.73 Å². The Bertz CT molecular complexity index is 522. The zero-order valence-corrected chi connectivity index (χ0v) is 13.9. The number of hydrogen-bond acceptors (Lipinski definition) is 5. The van der Waals surface area contributed by atoms with Crippen molar-refractivity contribution in [2.45, 2.75) is 19.4 Å². The van der Waals surface area contributed by atoms with E-state index in [4.69, 9.17) is 5.73 Å². The number of carbonyl (C=O) groups excluding carboxylic acids is 1. The molecule has 1 saturated heterocycles. The molecule has 1 aromatic rings. The minimum atomic E-state index is -0.717.